The SMILES string of the molecule is CC(C)CNCc1nc(-c2ccc3c(c2)OCO3)cs1. The second kappa shape index (κ2) is 5.81. The molecule has 1 aliphatic heterocycles. The number of nitrogens with one attached hydrogen (secondary N) is 1. The normalized spacial score (nSPS) is 13.2. The Balaban J connectivity index is 1.70. The molecule has 1 aliphatic rings. The summed E-state index contributed by atoms with van der Waals surface area (Å²) in [4.78, 5) is 4.66. The van der Waals surface area contributed by atoms with Crippen molar-refractivity contribution in [3.05, 3.63) is 28.6 Å². The average Bonchev–Trinajstić information content (AvgIpc) is 3.05. The summed E-state index contributed by atoms with van der Waals surface area (Å²) in [7, 11) is 0. The molecule has 0 bridgehead atoms. The molecule has 0 fully saturated rings. The number of hydrogen-bond donors (Lipinski definition) is 1. The molecular weight excluding hydrogens is 272 g/mol. The first-order valence-corrected chi connectivity index (χ1v) is 7.65. The summed E-state index contributed by atoms with van der Waals surface area (Å²) >= 11 is 1.68. The number of thiazole rings is 1. The van der Waals surface area contributed by atoms with Crippen LogP contribution in [0.1, 0.15) is 18.9 Å². The fourth-order valence-electron chi connectivity index (χ4n) is 2.05. The van der Waals surface area contributed by atoms with Gasteiger partial charge in [-0.1, -0.05) is 13.8 Å². The third-order valence-electron chi connectivity index (χ3n) is 3.05. The zero-order valence-electron chi connectivity index (χ0n) is 11.7. The molecule has 3 rings (SSSR count). The third-order valence-corrected chi connectivity index (χ3v) is 3.90. The summed E-state index contributed by atoms with van der Waals surface area (Å²) in [5.41, 5.74) is 2.07. The van der Waals surface area contributed by atoms with Gasteiger partial charge in [-0.2, -0.15) is 0 Å². The van der Waals surface area contributed by atoms with Crippen LogP contribution in [-0.4, -0.2) is 18.3 Å². The maximum absolute atomic E-state index is 5.40. The Morgan fingerprint density at radius 3 is 3.00 bits per heavy atom. The molecule has 1 aromatic heterocycles. The zero-order valence-corrected chi connectivity index (χ0v) is 12.5. The van der Waals surface area contributed by atoms with Crippen LogP contribution in [-0.2, 0) is 6.54 Å². The Hall–Kier alpha value is -1.59. The number of nitrogens with zero attached hydrogens (tertiary/aromatic N) is 1. The number of aromatic nitrogens is 1. The monoisotopic (exact) mass is 290 g/mol. The number of benzene rings is 1. The molecule has 0 saturated carbocycles. The Morgan fingerprint density at radius 2 is 2.15 bits per heavy atom. The van der Waals surface area contributed by atoms with E-state index >= 15 is 0 Å². The molecule has 0 spiro atoms. The lowest BCUT2D eigenvalue weighted by atomic mass is 10.1. The van der Waals surface area contributed by atoms with Crippen LogP contribution in [0.4, 0.5) is 0 Å². The molecule has 0 aliphatic carbocycles. The number of fused-ring (bicyclic) bond motifs is 1. The van der Waals surface area contributed by atoms with Crippen LogP contribution in [0.15, 0.2) is 23.6 Å². The van der Waals surface area contributed by atoms with Crippen molar-refractivity contribution < 1.29 is 9.47 Å². The van der Waals surface area contributed by atoms with E-state index in [4.69, 9.17) is 9.47 Å². The van der Waals surface area contributed by atoms with Crippen molar-refractivity contribution in [3.63, 3.8) is 0 Å². The average molecular weight is 290 g/mol. The highest BCUT2D eigenvalue weighted by Crippen LogP contribution is 2.36. The second-order valence-electron chi connectivity index (χ2n) is 5.22. The lowest BCUT2D eigenvalue weighted by Crippen LogP contribution is -2.18. The molecule has 0 atom stereocenters. The molecule has 2 heterocycles. The number of hydrogen-bond acceptors (Lipinski definition) is 5. The molecule has 4 nitrogen and oxygen atoms in total. The quantitative estimate of drug-likeness (QED) is 0.917. The maximum atomic E-state index is 5.40. The maximum Gasteiger partial charge on any atom is 0.231 e. The van der Waals surface area contributed by atoms with Gasteiger partial charge in [-0.3, -0.25) is 0 Å². The highest BCUT2D eigenvalue weighted by molar-refractivity contribution is 7.09. The van der Waals surface area contributed by atoms with Crippen LogP contribution in [0.2, 0.25) is 0 Å². The third kappa shape index (κ3) is 2.94. The van der Waals surface area contributed by atoms with Gasteiger partial charge in [0.2, 0.25) is 6.79 Å². The molecule has 20 heavy (non-hydrogen) atoms. The summed E-state index contributed by atoms with van der Waals surface area (Å²) in [6.07, 6.45) is 0. The second-order valence-corrected chi connectivity index (χ2v) is 6.16. The van der Waals surface area contributed by atoms with Crippen LogP contribution in [0.5, 0.6) is 11.5 Å². The standard InChI is InChI=1S/C15H18N2O2S/c1-10(2)6-16-7-15-17-12(8-20-15)11-3-4-13-14(5-11)19-9-18-13/h3-5,8,10,16H,6-7,9H2,1-2H3. The molecule has 0 saturated heterocycles. The number of ether oxygens (including phenoxy) is 2. The highest BCUT2D eigenvalue weighted by Gasteiger charge is 2.14. The molecule has 1 N–H and O–H groups in total. The lowest BCUT2D eigenvalue weighted by molar-refractivity contribution is 0.174. The Labute approximate surface area is 122 Å². The van der Waals surface area contributed by atoms with E-state index in [9.17, 15) is 0 Å². The van der Waals surface area contributed by atoms with E-state index in [1.54, 1.807) is 11.3 Å². The van der Waals surface area contributed by atoms with Crippen LogP contribution in [0, 0.1) is 5.92 Å². The smallest absolute Gasteiger partial charge is 0.231 e. The van der Waals surface area contributed by atoms with E-state index in [-0.39, 0.29) is 0 Å². The number of rotatable bonds is 5. The molecule has 0 unspecified atom stereocenters. The van der Waals surface area contributed by atoms with Crippen molar-refractivity contribution in [2.24, 2.45) is 5.92 Å². The van der Waals surface area contributed by atoms with Gasteiger partial charge in [0.1, 0.15) is 5.01 Å². The van der Waals surface area contributed by atoms with Gasteiger partial charge in [0, 0.05) is 17.5 Å². The van der Waals surface area contributed by atoms with Crippen molar-refractivity contribution in [2.75, 3.05) is 13.3 Å². The Morgan fingerprint density at radius 1 is 1.30 bits per heavy atom. The molecule has 0 radical (unpaired) electrons. The molecule has 106 valence electrons. The van der Waals surface area contributed by atoms with Crippen molar-refractivity contribution in [1.82, 2.24) is 10.3 Å². The first-order chi connectivity index (χ1) is 9.72. The van der Waals surface area contributed by atoms with E-state index in [2.05, 4.69) is 29.5 Å². The van der Waals surface area contributed by atoms with Crippen LogP contribution >= 0.6 is 11.3 Å². The van der Waals surface area contributed by atoms with Crippen molar-refractivity contribution in [1.29, 1.82) is 0 Å². The van der Waals surface area contributed by atoms with Crippen LogP contribution < -0.4 is 14.8 Å². The van der Waals surface area contributed by atoms with Crippen LogP contribution in [0.3, 0.4) is 0 Å². The first-order valence-electron chi connectivity index (χ1n) is 6.77. The van der Waals surface area contributed by atoms with Gasteiger partial charge in [0.15, 0.2) is 11.5 Å². The van der Waals surface area contributed by atoms with E-state index in [0.29, 0.717) is 12.7 Å². The van der Waals surface area contributed by atoms with Gasteiger partial charge in [-0.25, -0.2) is 4.98 Å². The van der Waals surface area contributed by atoms with Crippen molar-refractivity contribution >= 4 is 11.3 Å². The van der Waals surface area contributed by atoms with E-state index in [1.165, 1.54) is 0 Å². The van der Waals surface area contributed by atoms with Crippen molar-refractivity contribution in [2.45, 2.75) is 20.4 Å². The van der Waals surface area contributed by atoms with Gasteiger partial charge in [0.05, 0.1) is 5.69 Å². The molecule has 5 heteroatoms. The van der Waals surface area contributed by atoms with Gasteiger partial charge in [-0.15, -0.1) is 11.3 Å². The minimum absolute atomic E-state index is 0.306. The molecular formula is C15H18N2O2S. The van der Waals surface area contributed by atoms with Crippen LogP contribution in [0.25, 0.3) is 11.3 Å². The van der Waals surface area contributed by atoms with Crippen molar-refractivity contribution in [3.8, 4) is 22.8 Å². The van der Waals surface area contributed by atoms with E-state index < -0.39 is 0 Å². The van der Waals surface area contributed by atoms with Gasteiger partial charge >= 0.3 is 0 Å². The Kier molecular flexibility index (Phi) is 3.89. The molecule has 0 amide bonds. The van der Waals surface area contributed by atoms with Gasteiger partial charge in [0.25, 0.3) is 0 Å². The summed E-state index contributed by atoms with van der Waals surface area (Å²) in [6.45, 7) is 6.55. The minimum atomic E-state index is 0.306. The summed E-state index contributed by atoms with van der Waals surface area (Å²) in [5.74, 6) is 2.26. The fourth-order valence-corrected chi connectivity index (χ4v) is 2.82. The topological polar surface area (TPSA) is 43.4 Å². The van der Waals surface area contributed by atoms with E-state index in [0.717, 1.165) is 40.9 Å². The Bertz CT molecular complexity index is 595. The van der Waals surface area contributed by atoms with Gasteiger partial charge < -0.3 is 14.8 Å². The summed E-state index contributed by atoms with van der Waals surface area (Å²) in [6, 6.07) is 5.95. The molecule has 2 aromatic rings. The minimum Gasteiger partial charge on any atom is -0.454 e. The predicted octanol–water partition coefficient (Wildman–Crippen LogP) is 3.28. The highest BCUT2D eigenvalue weighted by atomic mass is 32.1. The van der Waals surface area contributed by atoms with Gasteiger partial charge in [-0.05, 0) is 30.7 Å². The predicted molar refractivity (Wildman–Crippen MR) is 80.2 cm³/mol. The summed E-state index contributed by atoms with van der Waals surface area (Å²) < 4.78 is 10.7. The summed E-state index contributed by atoms with van der Waals surface area (Å²) in [5, 5.41) is 6.61. The zero-order chi connectivity index (χ0) is 13.9. The molecule has 1 aromatic carbocycles. The lowest BCUT2D eigenvalue weighted by Gasteiger charge is -2.04. The fraction of sp³-hybridized carbons (Fsp3) is 0.400. The first kappa shape index (κ1) is 13.4. The van der Waals surface area contributed by atoms with E-state index in [1.807, 2.05) is 18.2 Å². The largest absolute Gasteiger partial charge is 0.454 e.